The lowest BCUT2D eigenvalue weighted by Gasteiger charge is -2.19. The van der Waals surface area contributed by atoms with Crippen molar-refractivity contribution in [3.63, 3.8) is 0 Å². The van der Waals surface area contributed by atoms with Gasteiger partial charge in [-0.3, -0.25) is 4.79 Å². The maximum atomic E-state index is 12.6. The van der Waals surface area contributed by atoms with Gasteiger partial charge in [0.25, 0.3) is 0 Å². The Hall–Kier alpha value is -1.40. The molecular weight excluding hydrogens is 300 g/mol. The zero-order valence-electron chi connectivity index (χ0n) is 14.3. The summed E-state index contributed by atoms with van der Waals surface area (Å²) < 4.78 is 27.7. The van der Waals surface area contributed by atoms with E-state index < -0.39 is 10.0 Å². The number of carbonyl (C=O) groups excluding carboxylic acids is 1. The predicted molar refractivity (Wildman–Crippen MR) is 88.6 cm³/mol. The molecule has 0 atom stereocenters. The molecular formula is C16H26N2O3S. The van der Waals surface area contributed by atoms with Crippen molar-refractivity contribution in [3.8, 4) is 0 Å². The lowest BCUT2D eigenvalue weighted by Crippen LogP contribution is -2.31. The smallest absolute Gasteiger partial charge is 0.241 e. The molecule has 0 saturated carbocycles. The third-order valence-electron chi connectivity index (χ3n) is 4.22. The van der Waals surface area contributed by atoms with E-state index in [4.69, 9.17) is 0 Å². The number of nitrogens with one attached hydrogen (secondary N) is 2. The van der Waals surface area contributed by atoms with Gasteiger partial charge in [0.15, 0.2) is 0 Å². The van der Waals surface area contributed by atoms with E-state index in [1.165, 1.54) is 0 Å². The SMILES string of the molecule is CCNC(=O)CCNS(=O)(=O)c1c(C)c(C)c(C)c(C)c1C. The second kappa shape index (κ2) is 7.24. The van der Waals surface area contributed by atoms with Gasteiger partial charge < -0.3 is 5.32 Å². The molecule has 22 heavy (non-hydrogen) atoms. The summed E-state index contributed by atoms with van der Waals surface area (Å²) in [5, 5.41) is 2.65. The first kappa shape index (κ1) is 18.6. The lowest BCUT2D eigenvalue weighted by atomic mass is 9.95. The molecule has 124 valence electrons. The van der Waals surface area contributed by atoms with E-state index in [-0.39, 0.29) is 18.9 Å². The van der Waals surface area contributed by atoms with Crippen molar-refractivity contribution >= 4 is 15.9 Å². The Kier molecular flexibility index (Phi) is 6.14. The molecule has 1 amide bonds. The first-order valence-corrected chi connectivity index (χ1v) is 8.95. The normalized spacial score (nSPS) is 11.5. The van der Waals surface area contributed by atoms with Crippen LogP contribution in [0.4, 0.5) is 0 Å². The average Bonchev–Trinajstić information content (AvgIpc) is 2.43. The highest BCUT2D eigenvalue weighted by atomic mass is 32.2. The van der Waals surface area contributed by atoms with E-state index in [0.29, 0.717) is 11.4 Å². The monoisotopic (exact) mass is 326 g/mol. The minimum absolute atomic E-state index is 0.0962. The van der Waals surface area contributed by atoms with Gasteiger partial charge in [-0.15, -0.1) is 0 Å². The number of sulfonamides is 1. The Bertz CT molecular complexity index is 650. The molecule has 0 unspecified atom stereocenters. The Balaban J connectivity index is 3.07. The second-order valence-electron chi connectivity index (χ2n) is 5.56. The van der Waals surface area contributed by atoms with E-state index in [1.54, 1.807) is 0 Å². The van der Waals surface area contributed by atoms with E-state index >= 15 is 0 Å². The molecule has 6 heteroatoms. The van der Waals surface area contributed by atoms with Gasteiger partial charge in [-0.1, -0.05) is 0 Å². The molecule has 0 aromatic heterocycles. The van der Waals surface area contributed by atoms with Crippen LogP contribution >= 0.6 is 0 Å². The maximum Gasteiger partial charge on any atom is 0.241 e. The lowest BCUT2D eigenvalue weighted by molar-refractivity contribution is -0.120. The summed E-state index contributed by atoms with van der Waals surface area (Å²) in [5.41, 5.74) is 4.65. The van der Waals surface area contributed by atoms with Crippen molar-refractivity contribution in [2.45, 2.75) is 52.9 Å². The third-order valence-corrected chi connectivity index (χ3v) is 5.95. The van der Waals surface area contributed by atoms with Crippen LogP contribution < -0.4 is 10.0 Å². The molecule has 1 aromatic rings. The average molecular weight is 326 g/mol. The van der Waals surface area contributed by atoms with Crippen molar-refractivity contribution in [2.24, 2.45) is 0 Å². The Labute approximate surface area is 133 Å². The molecule has 0 bridgehead atoms. The molecule has 0 radical (unpaired) electrons. The molecule has 2 N–H and O–H groups in total. The van der Waals surface area contributed by atoms with Crippen LogP contribution in [0.25, 0.3) is 0 Å². The molecule has 5 nitrogen and oxygen atoms in total. The number of rotatable bonds is 6. The standard InChI is InChI=1S/C16H26N2O3S/c1-7-17-15(19)8-9-18-22(20,21)16-13(5)11(3)10(2)12(4)14(16)6/h18H,7-9H2,1-6H3,(H,17,19). The summed E-state index contributed by atoms with van der Waals surface area (Å²) in [4.78, 5) is 11.7. The number of amides is 1. The van der Waals surface area contributed by atoms with Crippen molar-refractivity contribution in [1.29, 1.82) is 0 Å². The fourth-order valence-corrected chi connectivity index (χ4v) is 4.15. The van der Waals surface area contributed by atoms with Crippen LogP contribution in [0.5, 0.6) is 0 Å². The number of benzene rings is 1. The van der Waals surface area contributed by atoms with Crippen LogP contribution in [0, 0.1) is 34.6 Å². The van der Waals surface area contributed by atoms with Crippen LogP contribution in [-0.2, 0) is 14.8 Å². The van der Waals surface area contributed by atoms with Crippen LogP contribution in [0.15, 0.2) is 4.90 Å². The molecule has 0 spiro atoms. The summed E-state index contributed by atoms with van der Waals surface area (Å²) >= 11 is 0. The molecule has 0 fully saturated rings. The van der Waals surface area contributed by atoms with Crippen LogP contribution in [-0.4, -0.2) is 27.4 Å². The van der Waals surface area contributed by atoms with E-state index in [0.717, 1.165) is 27.8 Å². The van der Waals surface area contributed by atoms with E-state index in [1.807, 2.05) is 41.5 Å². The Morgan fingerprint density at radius 3 is 1.82 bits per heavy atom. The van der Waals surface area contributed by atoms with Crippen LogP contribution in [0.1, 0.15) is 41.2 Å². The van der Waals surface area contributed by atoms with Crippen molar-refractivity contribution in [3.05, 3.63) is 27.8 Å². The van der Waals surface area contributed by atoms with E-state index in [2.05, 4.69) is 10.0 Å². The molecule has 0 saturated heterocycles. The molecule has 1 rings (SSSR count). The van der Waals surface area contributed by atoms with E-state index in [9.17, 15) is 13.2 Å². The van der Waals surface area contributed by atoms with Crippen LogP contribution in [0.3, 0.4) is 0 Å². The fourth-order valence-electron chi connectivity index (χ4n) is 2.53. The van der Waals surface area contributed by atoms with Crippen molar-refractivity contribution in [1.82, 2.24) is 10.0 Å². The fraction of sp³-hybridized carbons (Fsp3) is 0.562. The van der Waals surface area contributed by atoms with Gasteiger partial charge in [0, 0.05) is 19.5 Å². The second-order valence-corrected chi connectivity index (χ2v) is 7.26. The highest BCUT2D eigenvalue weighted by molar-refractivity contribution is 7.89. The zero-order chi connectivity index (χ0) is 17.1. The summed E-state index contributed by atoms with van der Waals surface area (Å²) in [6.07, 6.45) is 0.134. The highest BCUT2D eigenvalue weighted by Gasteiger charge is 2.23. The van der Waals surface area contributed by atoms with Gasteiger partial charge in [-0.25, -0.2) is 13.1 Å². The molecule has 0 heterocycles. The Morgan fingerprint density at radius 1 is 0.909 bits per heavy atom. The molecule has 0 aliphatic carbocycles. The Morgan fingerprint density at radius 2 is 1.36 bits per heavy atom. The minimum Gasteiger partial charge on any atom is -0.356 e. The number of carbonyl (C=O) groups is 1. The van der Waals surface area contributed by atoms with Gasteiger partial charge in [-0.2, -0.15) is 0 Å². The largest absolute Gasteiger partial charge is 0.356 e. The first-order chi connectivity index (χ1) is 10.1. The summed E-state index contributed by atoms with van der Waals surface area (Å²) in [5.74, 6) is -0.157. The molecule has 0 aliphatic rings. The van der Waals surface area contributed by atoms with Gasteiger partial charge in [-0.05, 0) is 69.4 Å². The number of hydrogen-bond donors (Lipinski definition) is 2. The highest BCUT2D eigenvalue weighted by Crippen LogP contribution is 2.29. The predicted octanol–water partition coefficient (Wildman–Crippen LogP) is 2.03. The summed E-state index contributed by atoms with van der Waals surface area (Å²) in [6.45, 7) is 12.0. The maximum absolute atomic E-state index is 12.6. The van der Waals surface area contributed by atoms with Crippen LogP contribution in [0.2, 0.25) is 0 Å². The first-order valence-electron chi connectivity index (χ1n) is 7.46. The quantitative estimate of drug-likeness (QED) is 0.840. The van der Waals surface area contributed by atoms with Gasteiger partial charge in [0.2, 0.25) is 15.9 Å². The van der Waals surface area contributed by atoms with Gasteiger partial charge >= 0.3 is 0 Å². The van der Waals surface area contributed by atoms with Crippen molar-refractivity contribution in [2.75, 3.05) is 13.1 Å². The zero-order valence-corrected chi connectivity index (χ0v) is 15.1. The molecule has 1 aromatic carbocycles. The molecule has 0 aliphatic heterocycles. The topological polar surface area (TPSA) is 75.3 Å². The summed E-state index contributed by atoms with van der Waals surface area (Å²) in [7, 11) is -3.62. The number of hydrogen-bond acceptors (Lipinski definition) is 3. The third kappa shape index (κ3) is 3.87. The van der Waals surface area contributed by atoms with Gasteiger partial charge in [0.1, 0.15) is 0 Å². The van der Waals surface area contributed by atoms with Gasteiger partial charge in [0.05, 0.1) is 4.90 Å². The summed E-state index contributed by atoms with van der Waals surface area (Å²) in [6, 6.07) is 0. The minimum atomic E-state index is -3.62. The van der Waals surface area contributed by atoms with Crippen molar-refractivity contribution < 1.29 is 13.2 Å².